The summed E-state index contributed by atoms with van der Waals surface area (Å²) in [6.07, 6.45) is 9.15. The second-order valence-corrected chi connectivity index (χ2v) is 9.27. The normalized spacial score (nSPS) is 18.6. The average molecular weight is 459 g/mol. The Labute approximate surface area is 201 Å². The molecule has 1 aromatic carbocycles. The fourth-order valence-electron chi connectivity index (χ4n) is 4.87. The molecule has 0 radical (unpaired) electrons. The third-order valence-electron chi connectivity index (χ3n) is 7.12. The minimum absolute atomic E-state index is 0.250. The first-order valence-electron chi connectivity index (χ1n) is 12.4. The summed E-state index contributed by atoms with van der Waals surface area (Å²) in [5.41, 5.74) is 2.37. The van der Waals surface area contributed by atoms with Crippen molar-refractivity contribution in [3.8, 4) is 0 Å². The number of nitrogens with zero attached hydrogens (tertiary/aromatic N) is 8. The van der Waals surface area contributed by atoms with Gasteiger partial charge in [-0.2, -0.15) is 5.10 Å². The molecule has 1 aliphatic heterocycles. The highest BCUT2D eigenvalue weighted by Crippen LogP contribution is 2.27. The Morgan fingerprint density at radius 3 is 2.56 bits per heavy atom. The third-order valence-corrected chi connectivity index (χ3v) is 7.12. The van der Waals surface area contributed by atoms with E-state index in [1.165, 1.54) is 44.3 Å². The zero-order valence-electron chi connectivity index (χ0n) is 19.9. The maximum atomic E-state index is 4.35. The van der Waals surface area contributed by atoms with Crippen LogP contribution in [0.15, 0.2) is 67.0 Å². The molecule has 0 spiro atoms. The molecule has 1 atom stereocenters. The summed E-state index contributed by atoms with van der Waals surface area (Å²) in [7, 11) is 0. The van der Waals surface area contributed by atoms with E-state index in [1.807, 2.05) is 45.7 Å². The Morgan fingerprint density at radius 2 is 1.76 bits per heavy atom. The Kier molecular flexibility index (Phi) is 7.26. The zero-order valence-corrected chi connectivity index (χ0v) is 19.9. The van der Waals surface area contributed by atoms with E-state index in [2.05, 4.69) is 61.6 Å². The summed E-state index contributed by atoms with van der Waals surface area (Å²) in [5, 5.41) is 16.6. The topological polar surface area (TPSA) is 67.4 Å². The molecule has 8 nitrogen and oxygen atoms in total. The molecule has 0 amide bonds. The van der Waals surface area contributed by atoms with Gasteiger partial charge in [0.2, 0.25) is 0 Å². The van der Waals surface area contributed by atoms with Gasteiger partial charge in [-0.1, -0.05) is 42.8 Å². The van der Waals surface area contributed by atoms with Crippen LogP contribution in [0.5, 0.6) is 0 Å². The van der Waals surface area contributed by atoms with E-state index in [1.54, 1.807) is 6.20 Å². The molecule has 0 bridgehead atoms. The van der Waals surface area contributed by atoms with Gasteiger partial charge in [0.15, 0.2) is 5.82 Å². The molecule has 1 saturated heterocycles. The van der Waals surface area contributed by atoms with E-state index >= 15 is 0 Å². The summed E-state index contributed by atoms with van der Waals surface area (Å²) in [4.78, 5) is 5.25. The van der Waals surface area contributed by atoms with Gasteiger partial charge in [-0.15, -0.1) is 5.10 Å². The molecule has 8 heteroatoms. The number of fused-ring (bicyclic) bond motifs is 1. The largest absolute Gasteiger partial charge is 0.299 e. The van der Waals surface area contributed by atoms with Crippen molar-refractivity contribution in [3.05, 3.63) is 78.4 Å². The summed E-state index contributed by atoms with van der Waals surface area (Å²) < 4.78 is 3.79. The Balaban J connectivity index is 0.000000222. The third kappa shape index (κ3) is 5.34. The number of tetrazole rings is 1. The van der Waals surface area contributed by atoms with Crippen LogP contribution in [0.4, 0.5) is 0 Å². The SMILES string of the molecule is CC(c1nnnn1Cc1ccccc1)N1CCCN(C2CCC2)CC1.c1ccn2nccc2c1. The van der Waals surface area contributed by atoms with Gasteiger partial charge in [0.25, 0.3) is 0 Å². The number of hydrogen-bond donors (Lipinski definition) is 0. The molecular weight excluding hydrogens is 424 g/mol. The van der Waals surface area contributed by atoms with Crippen LogP contribution in [-0.2, 0) is 6.54 Å². The standard InChI is InChI=1S/C19H28N6.C7H6N2/c1-16(23-11-6-12-24(14-13-23)18-9-5-10-18)19-20-21-22-25(19)15-17-7-3-2-4-8-17;1-2-6-9-7(3-1)4-5-8-9/h2-4,7-8,16,18H,5-6,9-15H2,1H3;1-6H. The minimum atomic E-state index is 0.250. The number of aromatic nitrogens is 6. The van der Waals surface area contributed by atoms with Gasteiger partial charge >= 0.3 is 0 Å². The molecule has 2 aliphatic rings. The van der Waals surface area contributed by atoms with Gasteiger partial charge in [0.05, 0.1) is 18.1 Å². The van der Waals surface area contributed by atoms with Crippen LogP contribution >= 0.6 is 0 Å². The first kappa shape index (κ1) is 22.7. The second kappa shape index (κ2) is 10.9. The quantitative estimate of drug-likeness (QED) is 0.455. The van der Waals surface area contributed by atoms with Crippen molar-refractivity contribution >= 4 is 5.52 Å². The summed E-state index contributed by atoms with van der Waals surface area (Å²) in [6.45, 7) is 7.62. The van der Waals surface area contributed by atoms with Gasteiger partial charge in [-0.3, -0.25) is 9.80 Å². The molecule has 6 rings (SSSR count). The maximum absolute atomic E-state index is 4.35. The minimum Gasteiger partial charge on any atom is -0.299 e. The highest BCUT2D eigenvalue weighted by atomic mass is 15.5. The van der Waals surface area contributed by atoms with E-state index in [0.29, 0.717) is 0 Å². The van der Waals surface area contributed by atoms with Crippen LogP contribution in [0.2, 0.25) is 0 Å². The summed E-state index contributed by atoms with van der Waals surface area (Å²) in [6, 6.07) is 19.5. The molecule has 1 unspecified atom stereocenters. The molecular formula is C26H34N8. The lowest BCUT2D eigenvalue weighted by Crippen LogP contribution is -2.42. The summed E-state index contributed by atoms with van der Waals surface area (Å²) >= 11 is 0. The van der Waals surface area contributed by atoms with Gasteiger partial charge in [-0.25, -0.2) is 9.20 Å². The van der Waals surface area contributed by atoms with Crippen LogP contribution in [0.1, 0.15) is 50.0 Å². The number of pyridine rings is 1. The number of hydrogen-bond acceptors (Lipinski definition) is 6. The predicted octanol–water partition coefficient (Wildman–Crippen LogP) is 3.68. The lowest BCUT2D eigenvalue weighted by Gasteiger charge is -2.37. The molecule has 1 aliphatic carbocycles. The molecule has 2 fully saturated rings. The molecule has 4 aromatic rings. The van der Waals surface area contributed by atoms with Gasteiger partial charge in [0.1, 0.15) is 0 Å². The van der Waals surface area contributed by atoms with Crippen molar-refractivity contribution in [2.75, 3.05) is 26.2 Å². The first-order valence-corrected chi connectivity index (χ1v) is 12.4. The van der Waals surface area contributed by atoms with Crippen LogP contribution in [-0.4, -0.2) is 71.8 Å². The van der Waals surface area contributed by atoms with Crippen LogP contribution in [0.3, 0.4) is 0 Å². The molecule has 1 saturated carbocycles. The number of benzene rings is 1. The molecule has 3 aromatic heterocycles. The molecule has 4 heterocycles. The van der Waals surface area contributed by atoms with Crippen molar-refractivity contribution in [1.29, 1.82) is 0 Å². The van der Waals surface area contributed by atoms with Crippen LogP contribution < -0.4 is 0 Å². The van der Waals surface area contributed by atoms with Crippen molar-refractivity contribution < 1.29 is 0 Å². The number of rotatable bonds is 5. The monoisotopic (exact) mass is 458 g/mol. The lowest BCUT2D eigenvalue weighted by molar-refractivity contribution is 0.126. The average Bonchev–Trinajstić information content (AvgIpc) is 3.44. The van der Waals surface area contributed by atoms with E-state index in [9.17, 15) is 0 Å². The molecule has 0 N–H and O–H groups in total. The summed E-state index contributed by atoms with van der Waals surface area (Å²) in [5.74, 6) is 0.973. The Hall–Kier alpha value is -3.10. The Morgan fingerprint density at radius 1 is 0.912 bits per heavy atom. The van der Waals surface area contributed by atoms with E-state index in [4.69, 9.17) is 0 Å². The highest BCUT2D eigenvalue weighted by Gasteiger charge is 2.29. The van der Waals surface area contributed by atoms with Crippen molar-refractivity contribution in [1.82, 2.24) is 39.6 Å². The second-order valence-electron chi connectivity index (χ2n) is 9.27. The van der Waals surface area contributed by atoms with E-state index < -0.39 is 0 Å². The first-order chi connectivity index (χ1) is 16.8. The molecule has 34 heavy (non-hydrogen) atoms. The van der Waals surface area contributed by atoms with Gasteiger partial charge in [-0.05, 0) is 66.9 Å². The van der Waals surface area contributed by atoms with E-state index in [-0.39, 0.29) is 6.04 Å². The molecule has 178 valence electrons. The smallest absolute Gasteiger partial charge is 0.168 e. The lowest BCUT2D eigenvalue weighted by atomic mass is 9.91. The maximum Gasteiger partial charge on any atom is 0.168 e. The van der Waals surface area contributed by atoms with E-state index in [0.717, 1.165) is 37.0 Å². The Bertz CT molecular complexity index is 1120. The highest BCUT2D eigenvalue weighted by molar-refractivity contribution is 5.44. The fourth-order valence-corrected chi connectivity index (χ4v) is 4.87. The van der Waals surface area contributed by atoms with Gasteiger partial charge < -0.3 is 0 Å². The van der Waals surface area contributed by atoms with Crippen molar-refractivity contribution in [2.45, 2.75) is 51.2 Å². The van der Waals surface area contributed by atoms with Crippen LogP contribution in [0, 0.1) is 0 Å². The fraction of sp³-hybridized carbons (Fsp3) is 0.462. The van der Waals surface area contributed by atoms with Crippen LogP contribution in [0.25, 0.3) is 5.52 Å². The van der Waals surface area contributed by atoms with Gasteiger partial charge in [0, 0.05) is 38.1 Å². The predicted molar refractivity (Wildman–Crippen MR) is 132 cm³/mol. The zero-order chi connectivity index (χ0) is 23.2. The van der Waals surface area contributed by atoms with Crippen molar-refractivity contribution in [2.24, 2.45) is 0 Å². The van der Waals surface area contributed by atoms with Crippen molar-refractivity contribution in [3.63, 3.8) is 0 Å².